The van der Waals surface area contributed by atoms with E-state index in [1.165, 1.54) is 6.08 Å². The Morgan fingerprint density at radius 1 is 1.29 bits per heavy atom. The maximum absolute atomic E-state index is 11.9. The summed E-state index contributed by atoms with van der Waals surface area (Å²) in [6.07, 6.45) is 3.85. The number of aryl methyl sites for hydroxylation is 1. The van der Waals surface area contributed by atoms with Crippen LogP contribution in [0.2, 0.25) is 0 Å². The van der Waals surface area contributed by atoms with Crippen molar-refractivity contribution in [3.8, 4) is 0 Å². The molecule has 6 nitrogen and oxygen atoms in total. The fourth-order valence-corrected chi connectivity index (χ4v) is 1.91. The number of nitrogens with one attached hydrogen (secondary N) is 1. The van der Waals surface area contributed by atoms with Gasteiger partial charge in [-0.05, 0) is 40.7 Å². The molecule has 0 aliphatic rings. The third kappa shape index (κ3) is 2.84. The molecule has 0 saturated heterocycles. The average Bonchev–Trinajstić information content (AvgIpc) is 3.14. The molecule has 21 heavy (non-hydrogen) atoms. The lowest BCUT2D eigenvalue weighted by atomic mass is 10.2. The number of hydrogen-bond acceptors (Lipinski definition) is 5. The van der Waals surface area contributed by atoms with Gasteiger partial charge in [-0.15, -0.1) is 0 Å². The van der Waals surface area contributed by atoms with Crippen molar-refractivity contribution in [3.05, 3.63) is 47.9 Å². The summed E-state index contributed by atoms with van der Waals surface area (Å²) < 4.78 is 10.1. The van der Waals surface area contributed by atoms with Crippen LogP contribution in [0.15, 0.2) is 45.5 Å². The molecule has 3 aromatic rings. The number of fused-ring (bicyclic) bond motifs is 1. The Kier molecular flexibility index (Phi) is 3.51. The van der Waals surface area contributed by atoms with Crippen molar-refractivity contribution >= 4 is 28.7 Å². The van der Waals surface area contributed by atoms with Crippen LogP contribution in [0.5, 0.6) is 0 Å². The van der Waals surface area contributed by atoms with Crippen molar-refractivity contribution in [1.82, 2.24) is 10.3 Å². The van der Waals surface area contributed by atoms with E-state index in [-0.39, 0.29) is 5.91 Å². The van der Waals surface area contributed by atoms with Crippen LogP contribution in [0.4, 0.5) is 5.69 Å². The topological polar surface area (TPSA) is 81.2 Å². The molecule has 6 heteroatoms. The Morgan fingerprint density at radius 2 is 2.19 bits per heavy atom. The summed E-state index contributed by atoms with van der Waals surface area (Å²) in [6.45, 7) is 2.01. The van der Waals surface area contributed by atoms with Crippen LogP contribution >= 0.6 is 0 Å². The van der Waals surface area contributed by atoms with E-state index in [1.807, 2.05) is 19.1 Å². The number of rotatable bonds is 4. The van der Waals surface area contributed by atoms with Crippen molar-refractivity contribution in [3.63, 3.8) is 0 Å². The molecule has 0 spiro atoms. The van der Waals surface area contributed by atoms with Gasteiger partial charge in [-0.2, -0.15) is 0 Å². The number of carbonyl (C=O) groups excluding carboxylic acids is 1. The zero-order chi connectivity index (χ0) is 14.7. The second-order valence-corrected chi connectivity index (χ2v) is 4.42. The summed E-state index contributed by atoms with van der Waals surface area (Å²) in [4.78, 5) is 11.9. The van der Waals surface area contributed by atoms with Crippen molar-refractivity contribution < 1.29 is 13.8 Å². The number of amides is 1. The molecule has 0 aliphatic heterocycles. The van der Waals surface area contributed by atoms with Crippen LogP contribution in [0.1, 0.15) is 18.4 Å². The van der Waals surface area contributed by atoms with Crippen molar-refractivity contribution in [2.24, 2.45) is 0 Å². The van der Waals surface area contributed by atoms with E-state index in [1.54, 1.807) is 24.3 Å². The molecule has 0 saturated carbocycles. The highest BCUT2D eigenvalue weighted by Gasteiger charge is 2.07. The molecule has 0 unspecified atom stereocenters. The number of carbonyl (C=O) groups is 1. The first kappa shape index (κ1) is 13.1. The minimum Gasteiger partial charge on any atom is -0.462 e. The van der Waals surface area contributed by atoms with E-state index < -0.39 is 0 Å². The molecular formula is C15H13N3O3. The lowest BCUT2D eigenvalue weighted by Crippen LogP contribution is -2.08. The van der Waals surface area contributed by atoms with E-state index in [2.05, 4.69) is 20.3 Å². The number of benzene rings is 1. The highest BCUT2D eigenvalue weighted by Crippen LogP contribution is 2.19. The number of hydrogen-bond donors (Lipinski definition) is 1. The molecule has 1 amide bonds. The first-order valence-electron chi connectivity index (χ1n) is 6.55. The summed E-state index contributed by atoms with van der Waals surface area (Å²) in [5.41, 5.74) is 1.66. The smallest absolute Gasteiger partial charge is 0.248 e. The predicted octanol–water partition coefficient (Wildman–Crippen LogP) is 3.03. The monoisotopic (exact) mass is 283 g/mol. The van der Waals surface area contributed by atoms with Gasteiger partial charge in [0.1, 0.15) is 17.0 Å². The molecular weight excluding hydrogens is 270 g/mol. The molecule has 0 atom stereocenters. The number of aromatic nitrogens is 2. The summed E-state index contributed by atoms with van der Waals surface area (Å²) in [7, 11) is 0. The zero-order valence-electron chi connectivity index (χ0n) is 11.4. The van der Waals surface area contributed by atoms with Gasteiger partial charge in [0.2, 0.25) is 5.91 Å². The van der Waals surface area contributed by atoms with Crippen LogP contribution < -0.4 is 5.32 Å². The van der Waals surface area contributed by atoms with Crippen molar-refractivity contribution in [2.45, 2.75) is 13.3 Å². The highest BCUT2D eigenvalue weighted by molar-refractivity contribution is 6.05. The largest absolute Gasteiger partial charge is 0.462 e. The van der Waals surface area contributed by atoms with Gasteiger partial charge in [0.25, 0.3) is 0 Å². The first-order chi connectivity index (χ1) is 10.3. The molecule has 0 bridgehead atoms. The molecule has 0 radical (unpaired) electrons. The van der Waals surface area contributed by atoms with E-state index in [0.29, 0.717) is 22.5 Å². The molecule has 2 heterocycles. The Hall–Kier alpha value is -2.89. The standard InChI is InChI=1S/C15H13N3O3/c1-2-10-6-7-11(20-10)8-9-14(19)16-12-4-3-5-13-15(12)18-21-17-13/h3-9H,2H2,1H3,(H,16,19). The Labute approximate surface area is 120 Å². The minimum atomic E-state index is -0.278. The summed E-state index contributed by atoms with van der Waals surface area (Å²) in [5.74, 6) is 1.25. The lowest BCUT2D eigenvalue weighted by Gasteiger charge is -2.00. The third-order valence-corrected chi connectivity index (χ3v) is 2.97. The van der Waals surface area contributed by atoms with Gasteiger partial charge in [-0.25, -0.2) is 4.63 Å². The third-order valence-electron chi connectivity index (χ3n) is 2.97. The maximum atomic E-state index is 11.9. The molecule has 1 aromatic carbocycles. The Morgan fingerprint density at radius 3 is 3.00 bits per heavy atom. The second-order valence-electron chi connectivity index (χ2n) is 4.42. The van der Waals surface area contributed by atoms with Gasteiger partial charge >= 0.3 is 0 Å². The number of anilines is 1. The average molecular weight is 283 g/mol. The van der Waals surface area contributed by atoms with Crippen LogP contribution in [-0.4, -0.2) is 16.2 Å². The summed E-state index contributed by atoms with van der Waals surface area (Å²) in [5, 5.41) is 10.2. The van der Waals surface area contributed by atoms with E-state index in [4.69, 9.17) is 4.42 Å². The molecule has 3 rings (SSSR count). The van der Waals surface area contributed by atoms with Gasteiger partial charge in [-0.1, -0.05) is 13.0 Å². The number of furan rings is 1. The molecule has 2 aromatic heterocycles. The summed E-state index contributed by atoms with van der Waals surface area (Å²) >= 11 is 0. The van der Waals surface area contributed by atoms with Gasteiger partial charge in [-0.3, -0.25) is 4.79 Å². The first-order valence-corrected chi connectivity index (χ1v) is 6.55. The Balaban J connectivity index is 1.73. The fraction of sp³-hybridized carbons (Fsp3) is 0.133. The van der Waals surface area contributed by atoms with E-state index in [0.717, 1.165) is 12.2 Å². The van der Waals surface area contributed by atoms with Crippen LogP contribution in [0.3, 0.4) is 0 Å². The predicted molar refractivity (Wildman–Crippen MR) is 77.6 cm³/mol. The van der Waals surface area contributed by atoms with Crippen LogP contribution in [0.25, 0.3) is 17.1 Å². The summed E-state index contributed by atoms with van der Waals surface area (Å²) in [6, 6.07) is 8.98. The van der Waals surface area contributed by atoms with Gasteiger partial charge in [0, 0.05) is 12.5 Å². The zero-order valence-corrected chi connectivity index (χ0v) is 11.4. The van der Waals surface area contributed by atoms with Crippen molar-refractivity contribution in [1.29, 1.82) is 0 Å². The minimum absolute atomic E-state index is 0.278. The molecule has 0 aliphatic carbocycles. The van der Waals surface area contributed by atoms with E-state index >= 15 is 0 Å². The second kappa shape index (κ2) is 5.62. The Bertz CT molecular complexity index is 801. The van der Waals surface area contributed by atoms with E-state index in [9.17, 15) is 4.79 Å². The quantitative estimate of drug-likeness (QED) is 0.744. The SMILES string of the molecule is CCc1ccc(C=CC(=O)Nc2cccc3nonc23)o1. The number of nitrogens with zero attached hydrogens (tertiary/aromatic N) is 2. The highest BCUT2D eigenvalue weighted by atomic mass is 16.6. The van der Waals surface area contributed by atoms with Crippen LogP contribution in [-0.2, 0) is 11.2 Å². The normalized spacial score (nSPS) is 11.3. The molecule has 1 N–H and O–H groups in total. The van der Waals surface area contributed by atoms with Crippen molar-refractivity contribution in [2.75, 3.05) is 5.32 Å². The maximum Gasteiger partial charge on any atom is 0.248 e. The van der Waals surface area contributed by atoms with Gasteiger partial charge in [0.05, 0.1) is 5.69 Å². The molecule has 106 valence electrons. The van der Waals surface area contributed by atoms with Crippen LogP contribution in [0, 0.1) is 0 Å². The van der Waals surface area contributed by atoms with Gasteiger partial charge < -0.3 is 9.73 Å². The lowest BCUT2D eigenvalue weighted by molar-refractivity contribution is -0.111. The van der Waals surface area contributed by atoms with Gasteiger partial charge in [0.15, 0.2) is 5.52 Å². The molecule has 0 fully saturated rings. The fourth-order valence-electron chi connectivity index (χ4n) is 1.91.